The number of benzene rings is 1. The number of likely N-dealkylation sites (tertiary alicyclic amines) is 1. The van der Waals surface area contributed by atoms with E-state index in [1.807, 2.05) is 44.2 Å². The third kappa shape index (κ3) is 4.70. The Balaban J connectivity index is 1.74. The monoisotopic (exact) mass is 539 g/mol. The van der Waals surface area contributed by atoms with Crippen molar-refractivity contribution in [2.24, 2.45) is 17.8 Å². The summed E-state index contributed by atoms with van der Waals surface area (Å²) in [5, 5.41) is 9.58. The fraction of sp³-hybridized carbons (Fsp3) is 0.567. The summed E-state index contributed by atoms with van der Waals surface area (Å²) in [6.07, 6.45) is 4.62. The smallest absolute Gasteiger partial charge is 0.247 e. The van der Waals surface area contributed by atoms with E-state index in [0.29, 0.717) is 32.6 Å². The van der Waals surface area contributed by atoms with Gasteiger partial charge in [-0.3, -0.25) is 14.4 Å². The van der Waals surface area contributed by atoms with E-state index in [-0.39, 0.29) is 41.5 Å². The molecule has 3 fully saturated rings. The van der Waals surface area contributed by atoms with Crippen molar-refractivity contribution in [1.29, 1.82) is 0 Å². The molecular weight excluding hydrogens is 498 g/mol. The average molecular weight is 540 g/mol. The maximum Gasteiger partial charge on any atom is 0.247 e. The topological polar surface area (TPSA) is 81.2 Å². The minimum absolute atomic E-state index is 0.0169. The number of rotatable bonds is 12. The minimum atomic E-state index is -0.671. The zero-order chi connectivity index (χ0) is 27.6. The van der Waals surface area contributed by atoms with Crippen LogP contribution >= 0.6 is 11.8 Å². The maximum absolute atomic E-state index is 14.2. The minimum Gasteiger partial charge on any atom is -0.396 e. The summed E-state index contributed by atoms with van der Waals surface area (Å²) < 4.78 is -0.671. The molecule has 1 aromatic rings. The van der Waals surface area contributed by atoms with Crippen LogP contribution in [0.1, 0.15) is 39.2 Å². The summed E-state index contributed by atoms with van der Waals surface area (Å²) in [7, 11) is 0. The SMILES string of the molecule is C=CCN(Cc1ccccc1)C(=O)[C@@H]1[C@H]2C(=O)N(CCCO)C(C(=O)N(CC=C)C(C)C)C23S[C@@H]1CC3C. The molecule has 0 saturated carbocycles. The summed E-state index contributed by atoms with van der Waals surface area (Å²) >= 11 is 1.69. The van der Waals surface area contributed by atoms with Crippen LogP contribution < -0.4 is 0 Å². The molecule has 3 aliphatic rings. The summed E-state index contributed by atoms with van der Waals surface area (Å²) in [6, 6.07) is 9.12. The second-order valence-electron chi connectivity index (χ2n) is 11.0. The van der Waals surface area contributed by atoms with Gasteiger partial charge < -0.3 is 19.8 Å². The first-order chi connectivity index (χ1) is 18.2. The maximum atomic E-state index is 14.2. The second kappa shape index (κ2) is 11.7. The molecule has 38 heavy (non-hydrogen) atoms. The van der Waals surface area contributed by atoms with E-state index < -0.39 is 22.6 Å². The molecule has 0 radical (unpaired) electrons. The van der Waals surface area contributed by atoms with Crippen molar-refractivity contribution >= 4 is 29.5 Å². The summed E-state index contributed by atoms with van der Waals surface area (Å²) in [5.74, 6) is -1.22. The Labute approximate surface area is 230 Å². The highest BCUT2D eigenvalue weighted by Gasteiger charge is 2.76. The van der Waals surface area contributed by atoms with Gasteiger partial charge in [0.1, 0.15) is 6.04 Å². The average Bonchev–Trinajstić information content (AvgIpc) is 3.49. The van der Waals surface area contributed by atoms with Crippen LogP contribution in [-0.2, 0) is 20.9 Å². The Morgan fingerprint density at radius 1 is 1.18 bits per heavy atom. The highest BCUT2D eigenvalue weighted by atomic mass is 32.2. The van der Waals surface area contributed by atoms with Gasteiger partial charge in [-0.25, -0.2) is 0 Å². The Kier molecular flexibility index (Phi) is 8.72. The Morgan fingerprint density at radius 3 is 2.47 bits per heavy atom. The van der Waals surface area contributed by atoms with Crippen molar-refractivity contribution in [3.05, 3.63) is 61.2 Å². The van der Waals surface area contributed by atoms with E-state index in [2.05, 4.69) is 20.1 Å². The number of amides is 3. The molecule has 1 spiro atoms. The molecule has 1 aromatic carbocycles. The number of carbonyl (C=O) groups is 3. The molecule has 8 heteroatoms. The Bertz CT molecular complexity index is 1060. The number of hydrogen-bond donors (Lipinski definition) is 1. The first-order valence-corrected chi connectivity index (χ1v) is 14.5. The van der Waals surface area contributed by atoms with Crippen LogP contribution in [0.15, 0.2) is 55.6 Å². The molecule has 4 rings (SSSR count). The summed E-state index contributed by atoms with van der Waals surface area (Å²) in [4.78, 5) is 47.9. The number of fused-ring (bicyclic) bond motifs is 1. The van der Waals surface area contributed by atoms with Crippen molar-refractivity contribution in [1.82, 2.24) is 14.7 Å². The van der Waals surface area contributed by atoms with E-state index in [1.165, 1.54) is 0 Å². The van der Waals surface area contributed by atoms with E-state index in [4.69, 9.17) is 0 Å². The fourth-order valence-corrected chi connectivity index (χ4v) is 9.23. The lowest BCUT2D eigenvalue weighted by Gasteiger charge is -2.41. The fourth-order valence-electron chi connectivity index (χ4n) is 6.82. The van der Waals surface area contributed by atoms with E-state index >= 15 is 0 Å². The lowest BCUT2D eigenvalue weighted by atomic mass is 9.65. The highest BCUT2D eigenvalue weighted by Crippen LogP contribution is 2.69. The van der Waals surface area contributed by atoms with Crippen LogP contribution in [0.3, 0.4) is 0 Å². The van der Waals surface area contributed by atoms with Crippen LogP contribution in [0.25, 0.3) is 0 Å². The van der Waals surface area contributed by atoms with Crippen molar-refractivity contribution in [2.45, 2.75) is 62.2 Å². The van der Waals surface area contributed by atoms with E-state index in [0.717, 1.165) is 12.0 Å². The number of nitrogens with zero attached hydrogens (tertiary/aromatic N) is 3. The van der Waals surface area contributed by atoms with Gasteiger partial charge in [0.05, 0.1) is 16.6 Å². The lowest BCUT2D eigenvalue weighted by molar-refractivity contribution is -0.145. The van der Waals surface area contributed by atoms with Crippen LogP contribution in [0, 0.1) is 17.8 Å². The number of aliphatic hydroxyl groups is 1. The van der Waals surface area contributed by atoms with Gasteiger partial charge in [0.25, 0.3) is 0 Å². The van der Waals surface area contributed by atoms with Gasteiger partial charge in [0.15, 0.2) is 0 Å². The van der Waals surface area contributed by atoms with Crippen LogP contribution in [-0.4, -0.2) is 85.8 Å². The van der Waals surface area contributed by atoms with Crippen molar-refractivity contribution < 1.29 is 19.5 Å². The first-order valence-electron chi connectivity index (χ1n) is 13.7. The van der Waals surface area contributed by atoms with Gasteiger partial charge in [0.2, 0.25) is 17.7 Å². The zero-order valence-corrected chi connectivity index (χ0v) is 23.6. The molecule has 2 bridgehead atoms. The molecule has 6 atom stereocenters. The van der Waals surface area contributed by atoms with Crippen LogP contribution in [0.5, 0.6) is 0 Å². The summed E-state index contributed by atoms with van der Waals surface area (Å²) in [6.45, 7) is 15.2. The first kappa shape index (κ1) is 28.4. The van der Waals surface area contributed by atoms with Gasteiger partial charge in [0, 0.05) is 44.1 Å². The van der Waals surface area contributed by atoms with E-state index in [1.54, 1.807) is 38.6 Å². The van der Waals surface area contributed by atoms with Gasteiger partial charge in [-0.05, 0) is 38.2 Å². The molecule has 3 heterocycles. The lowest BCUT2D eigenvalue weighted by Crippen LogP contribution is -2.58. The largest absolute Gasteiger partial charge is 0.396 e. The highest BCUT2D eigenvalue weighted by molar-refractivity contribution is 8.02. The summed E-state index contributed by atoms with van der Waals surface area (Å²) in [5.41, 5.74) is 1.02. The van der Waals surface area contributed by atoms with Crippen LogP contribution in [0.2, 0.25) is 0 Å². The van der Waals surface area contributed by atoms with Gasteiger partial charge in [-0.15, -0.1) is 24.9 Å². The molecule has 7 nitrogen and oxygen atoms in total. The molecule has 1 N–H and O–H groups in total. The van der Waals surface area contributed by atoms with Crippen LogP contribution in [0.4, 0.5) is 0 Å². The number of thioether (sulfide) groups is 1. The van der Waals surface area contributed by atoms with E-state index in [9.17, 15) is 19.5 Å². The Hall–Kier alpha value is -2.58. The number of carbonyl (C=O) groups excluding carboxylic acids is 3. The van der Waals surface area contributed by atoms with Crippen molar-refractivity contribution in [3.8, 4) is 0 Å². The molecule has 3 saturated heterocycles. The molecular formula is C30H41N3O4S. The van der Waals surface area contributed by atoms with Gasteiger partial charge in [-0.1, -0.05) is 49.4 Å². The molecule has 3 amide bonds. The normalized spacial score (nSPS) is 29.4. The van der Waals surface area contributed by atoms with Gasteiger partial charge in [-0.2, -0.15) is 0 Å². The Morgan fingerprint density at radius 2 is 1.87 bits per heavy atom. The number of aliphatic hydroxyl groups excluding tert-OH is 1. The molecule has 0 aromatic heterocycles. The van der Waals surface area contributed by atoms with Gasteiger partial charge >= 0.3 is 0 Å². The molecule has 206 valence electrons. The number of hydrogen-bond acceptors (Lipinski definition) is 5. The quantitative estimate of drug-likeness (QED) is 0.412. The second-order valence-corrected chi connectivity index (χ2v) is 12.6. The predicted molar refractivity (Wildman–Crippen MR) is 151 cm³/mol. The standard InChI is InChI=1S/C30H41N3O4S/c1-6-14-31(19-22-12-9-8-10-13-22)27(35)24-23-18-21(5)30(38-23)25(24)28(36)33(16-11-17-34)26(30)29(37)32(15-7-2)20(3)4/h6-10,12-13,20-21,23-26,34H,1-2,11,14-19H2,3-5H3/t21?,23-,24+,25+,26?,30?/m1/s1. The molecule has 3 aliphatic heterocycles. The molecule has 3 unspecified atom stereocenters. The predicted octanol–water partition coefficient (Wildman–Crippen LogP) is 3.34. The zero-order valence-electron chi connectivity index (χ0n) is 22.8. The van der Waals surface area contributed by atoms with Crippen molar-refractivity contribution in [3.63, 3.8) is 0 Å². The molecule has 0 aliphatic carbocycles. The third-order valence-electron chi connectivity index (χ3n) is 8.43. The van der Waals surface area contributed by atoms with Crippen molar-refractivity contribution in [2.75, 3.05) is 26.2 Å². The third-order valence-corrected chi connectivity index (χ3v) is 10.5.